The number of hydrogen-bond donors (Lipinski definition) is 1. The molecule has 0 amide bonds. The first-order chi connectivity index (χ1) is 10.1. The molecule has 0 bridgehead atoms. The number of nitrogens with one attached hydrogen (secondary N) is 1. The number of ether oxygens (including phenoxy) is 1. The van der Waals surface area contributed by atoms with Gasteiger partial charge in [0.25, 0.3) is 0 Å². The van der Waals surface area contributed by atoms with Crippen LogP contribution in [0, 0.1) is 0 Å². The predicted molar refractivity (Wildman–Crippen MR) is 91.7 cm³/mol. The van der Waals surface area contributed by atoms with Crippen LogP contribution in [0.15, 0.2) is 47.4 Å². The van der Waals surface area contributed by atoms with Gasteiger partial charge in [0.15, 0.2) is 0 Å². The first-order valence-corrected chi connectivity index (χ1v) is 8.53. The van der Waals surface area contributed by atoms with Gasteiger partial charge in [0.1, 0.15) is 11.5 Å². The van der Waals surface area contributed by atoms with E-state index in [4.69, 9.17) is 16.3 Å². The molecule has 0 aliphatic rings. The van der Waals surface area contributed by atoms with Gasteiger partial charge in [-0.2, -0.15) is 0 Å². The molecule has 0 heterocycles. The normalized spacial score (nSPS) is 10.9. The Balaban J connectivity index is 2.19. The Kier molecular flexibility index (Phi) is 5.97. The molecule has 0 unspecified atom stereocenters. The molecule has 1 N–H and O–H groups in total. The van der Waals surface area contributed by atoms with Crippen molar-refractivity contribution >= 4 is 23.4 Å². The molecule has 0 spiro atoms. The van der Waals surface area contributed by atoms with Gasteiger partial charge in [0, 0.05) is 28.1 Å². The maximum Gasteiger partial charge on any atom is 0.133 e. The zero-order valence-electron chi connectivity index (χ0n) is 12.5. The number of rotatable bonds is 6. The second-order valence-electron chi connectivity index (χ2n) is 5.03. The van der Waals surface area contributed by atoms with Gasteiger partial charge in [-0.1, -0.05) is 31.5 Å². The summed E-state index contributed by atoms with van der Waals surface area (Å²) in [4.78, 5) is 1.22. The van der Waals surface area contributed by atoms with Crippen LogP contribution in [0.2, 0.25) is 5.02 Å². The summed E-state index contributed by atoms with van der Waals surface area (Å²) in [5.41, 5.74) is 0.988. The van der Waals surface area contributed by atoms with E-state index >= 15 is 0 Å². The van der Waals surface area contributed by atoms with Crippen molar-refractivity contribution in [2.24, 2.45) is 0 Å². The Bertz CT molecular complexity index is 584. The summed E-state index contributed by atoms with van der Waals surface area (Å²) in [6, 6.07) is 14.2. The fourth-order valence-corrected chi connectivity index (χ4v) is 2.52. The van der Waals surface area contributed by atoms with Crippen LogP contribution in [0.4, 0.5) is 0 Å². The Morgan fingerprint density at radius 2 is 1.86 bits per heavy atom. The van der Waals surface area contributed by atoms with Crippen LogP contribution in [-0.2, 0) is 6.54 Å². The van der Waals surface area contributed by atoms with Gasteiger partial charge in [-0.05, 0) is 42.7 Å². The molecule has 4 heteroatoms. The first-order valence-electron chi connectivity index (χ1n) is 6.93. The third-order valence-electron chi connectivity index (χ3n) is 3.05. The fraction of sp³-hybridized carbons (Fsp3) is 0.294. The third kappa shape index (κ3) is 4.67. The third-order valence-corrected chi connectivity index (χ3v) is 4.15. The van der Waals surface area contributed by atoms with Crippen molar-refractivity contribution in [2.45, 2.75) is 31.3 Å². The van der Waals surface area contributed by atoms with Crippen molar-refractivity contribution in [1.82, 2.24) is 5.32 Å². The zero-order valence-corrected chi connectivity index (χ0v) is 14.1. The second-order valence-corrected chi connectivity index (χ2v) is 6.32. The molecule has 2 aromatic rings. The lowest BCUT2D eigenvalue weighted by Crippen LogP contribution is -2.22. The highest BCUT2D eigenvalue weighted by atomic mass is 35.5. The van der Waals surface area contributed by atoms with E-state index in [-0.39, 0.29) is 0 Å². The maximum atomic E-state index is 6.30. The number of thioether (sulfide) groups is 1. The topological polar surface area (TPSA) is 21.3 Å². The van der Waals surface area contributed by atoms with Crippen molar-refractivity contribution in [3.8, 4) is 11.5 Å². The standard InChI is InChI=1S/C17H20ClNOS/c1-12(2)19-11-15-16(18)5-4-6-17(15)20-13-7-9-14(21-3)10-8-13/h4-10,12,19H,11H2,1-3H3. The van der Waals surface area contributed by atoms with Crippen LogP contribution in [0.5, 0.6) is 11.5 Å². The van der Waals surface area contributed by atoms with Crippen LogP contribution >= 0.6 is 23.4 Å². The lowest BCUT2D eigenvalue weighted by molar-refractivity contribution is 0.469. The molecule has 0 aliphatic carbocycles. The van der Waals surface area contributed by atoms with Crippen LogP contribution in [0.1, 0.15) is 19.4 Å². The molecule has 0 fully saturated rings. The summed E-state index contributed by atoms with van der Waals surface area (Å²) in [7, 11) is 0. The molecule has 2 aromatic carbocycles. The lowest BCUT2D eigenvalue weighted by Gasteiger charge is -2.15. The molecule has 0 radical (unpaired) electrons. The average Bonchev–Trinajstić information content (AvgIpc) is 2.47. The van der Waals surface area contributed by atoms with Gasteiger partial charge in [0.2, 0.25) is 0 Å². The van der Waals surface area contributed by atoms with Gasteiger partial charge < -0.3 is 10.1 Å². The highest BCUT2D eigenvalue weighted by Crippen LogP contribution is 2.31. The minimum Gasteiger partial charge on any atom is -0.457 e. The molecule has 21 heavy (non-hydrogen) atoms. The number of hydrogen-bond acceptors (Lipinski definition) is 3. The zero-order chi connectivity index (χ0) is 15.2. The molecule has 0 aromatic heterocycles. The lowest BCUT2D eigenvalue weighted by atomic mass is 10.2. The SMILES string of the molecule is CSc1ccc(Oc2cccc(Cl)c2CNC(C)C)cc1. The predicted octanol–water partition coefficient (Wildman–Crippen LogP) is 5.35. The van der Waals surface area contributed by atoms with Crippen LogP contribution in [0.25, 0.3) is 0 Å². The second kappa shape index (κ2) is 7.74. The summed E-state index contributed by atoms with van der Waals surface area (Å²) in [5.74, 6) is 1.62. The van der Waals surface area contributed by atoms with Crippen LogP contribution in [-0.4, -0.2) is 12.3 Å². The van der Waals surface area contributed by atoms with Crippen molar-refractivity contribution < 1.29 is 4.74 Å². The first kappa shape index (κ1) is 16.2. The highest BCUT2D eigenvalue weighted by molar-refractivity contribution is 7.98. The Morgan fingerprint density at radius 3 is 2.48 bits per heavy atom. The summed E-state index contributed by atoms with van der Waals surface area (Å²) in [5, 5.41) is 4.10. The van der Waals surface area contributed by atoms with Crippen LogP contribution < -0.4 is 10.1 Å². The summed E-state index contributed by atoms with van der Waals surface area (Å²) in [6.07, 6.45) is 2.06. The highest BCUT2D eigenvalue weighted by Gasteiger charge is 2.09. The molecule has 2 nitrogen and oxygen atoms in total. The largest absolute Gasteiger partial charge is 0.457 e. The van der Waals surface area contributed by atoms with E-state index in [1.807, 2.05) is 30.3 Å². The monoisotopic (exact) mass is 321 g/mol. The van der Waals surface area contributed by atoms with Crippen molar-refractivity contribution in [3.05, 3.63) is 53.1 Å². The van der Waals surface area contributed by atoms with Crippen molar-refractivity contribution in [3.63, 3.8) is 0 Å². The van der Waals surface area contributed by atoms with E-state index in [0.29, 0.717) is 12.6 Å². The van der Waals surface area contributed by atoms with Gasteiger partial charge in [-0.15, -0.1) is 11.8 Å². The van der Waals surface area contributed by atoms with Crippen molar-refractivity contribution in [2.75, 3.05) is 6.26 Å². The van der Waals surface area contributed by atoms with E-state index in [1.165, 1.54) is 4.90 Å². The smallest absolute Gasteiger partial charge is 0.133 e. The van der Waals surface area contributed by atoms with E-state index in [9.17, 15) is 0 Å². The van der Waals surface area contributed by atoms with Crippen LogP contribution in [0.3, 0.4) is 0 Å². The van der Waals surface area contributed by atoms with Gasteiger partial charge in [0.05, 0.1) is 0 Å². The van der Waals surface area contributed by atoms with Gasteiger partial charge in [-0.3, -0.25) is 0 Å². The fourth-order valence-electron chi connectivity index (χ4n) is 1.88. The molecule has 0 saturated heterocycles. The minimum absolute atomic E-state index is 0.398. The average molecular weight is 322 g/mol. The van der Waals surface area contributed by atoms with Gasteiger partial charge in [-0.25, -0.2) is 0 Å². The van der Waals surface area contributed by atoms with Gasteiger partial charge >= 0.3 is 0 Å². The van der Waals surface area contributed by atoms with E-state index in [2.05, 4.69) is 37.6 Å². The minimum atomic E-state index is 0.398. The van der Waals surface area contributed by atoms with Crippen molar-refractivity contribution in [1.29, 1.82) is 0 Å². The molecule has 112 valence electrons. The quantitative estimate of drug-likeness (QED) is 0.724. The molecular weight excluding hydrogens is 302 g/mol. The summed E-state index contributed by atoms with van der Waals surface area (Å²) < 4.78 is 5.99. The van der Waals surface area contributed by atoms with E-state index in [0.717, 1.165) is 22.1 Å². The molecule has 0 atom stereocenters. The van der Waals surface area contributed by atoms with E-state index in [1.54, 1.807) is 11.8 Å². The number of benzene rings is 2. The number of halogens is 1. The molecule has 0 saturated carbocycles. The Morgan fingerprint density at radius 1 is 1.14 bits per heavy atom. The molecular formula is C17H20ClNOS. The molecule has 2 rings (SSSR count). The maximum absolute atomic E-state index is 6.30. The Labute approximate surface area is 135 Å². The Hall–Kier alpha value is -1.16. The summed E-state index contributed by atoms with van der Waals surface area (Å²) in [6.45, 7) is 4.91. The van der Waals surface area contributed by atoms with E-state index < -0.39 is 0 Å². The summed E-state index contributed by atoms with van der Waals surface area (Å²) >= 11 is 8.02. The molecule has 0 aliphatic heterocycles.